The van der Waals surface area contributed by atoms with Crippen LogP contribution in [0.1, 0.15) is 37.6 Å². The van der Waals surface area contributed by atoms with Crippen molar-refractivity contribution >= 4 is 27.4 Å². The molecule has 2 heterocycles. The van der Waals surface area contributed by atoms with Crippen molar-refractivity contribution in [1.29, 1.82) is 0 Å². The van der Waals surface area contributed by atoms with Gasteiger partial charge in [-0.15, -0.1) is 11.3 Å². The molecule has 2 N–H and O–H groups in total. The Balaban J connectivity index is 1.81. The van der Waals surface area contributed by atoms with Crippen LogP contribution in [0.3, 0.4) is 0 Å². The van der Waals surface area contributed by atoms with Gasteiger partial charge in [0.2, 0.25) is 0 Å². The van der Waals surface area contributed by atoms with Gasteiger partial charge in [-0.05, 0) is 44.6 Å². The zero-order valence-electron chi connectivity index (χ0n) is 13.9. The van der Waals surface area contributed by atoms with Gasteiger partial charge in [-0.2, -0.15) is 0 Å². The first-order chi connectivity index (χ1) is 10.7. The molecular weight excluding hydrogens is 292 g/mol. The van der Waals surface area contributed by atoms with Crippen LogP contribution in [0, 0.1) is 5.92 Å². The standard InChI is InChI=1S/C17H26N4S/c1-4-21(5-2)9-8-18-16-15-13-7-6-12(3)10-14(13)22-17(15)20-11-19-16/h11-12H,4-10H2,1-3H3,(H,18,19,20)/p+1/t12-/m1/s1. The lowest BCUT2D eigenvalue weighted by Gasteiger charge is -2.19. The van der Waals surface area contributed by atoms with Crippen LogP contribution in [-0.4, -0.2) is 36.1 Å². The van der Waals surface area contributed by atoms with Crippen molar-refractivity contribution in [1.82, 2.24) is 9.97 Å². The minimum absolute atomic E-state index is 0.802. The van der Waals surface area contributed by atoms with E-state index in [-0.39, 0.29) is 0 Å². The van der Waals surface area contributed by atoms with Crippen molar-refractivity contribution in [2.24, 2.45) is 5.92 Å². The number of rotatable bonds is 6. The molecule has 0 radical (unpaired) electrons. The highest BCUT2D eigenvalue weighted by Crippen LogP contribution is 2.39. The van der Waals surface area contributed by atoms with Crippen LogP contribution in [0.4, 0.5) is 5.82 Å². The van der Waals surface area contributed by atoms with E-state index in [0.717, 1.165) is 29.7 Å². The second kappa shape index (κ2) is 6.92. The maximum atomic E-state index is 4.53. The highest BCUT2D eigenvalue weighted by molar-refractivity contribution is 7.19. The first-order valence-corrected chi connectivity index (χ1v) is 9.37. The number of thiophene rings is 1. The number of quaternary nitrogens is 1. The van der Waals surface area contributed by atoms with E-state index in [1.807, 2.05) is 11.3 Å². The minimum Gasteiger partial charge on any atom is -0.364 e. The smallest absolute Gasteiger partial charge is 0.138 e. The summed E-state index contributed by atoms with van der Waals surface area (Å²) in [6.45, 7) is 11.3. The maximum Gasteiger partial charge on any atom is 0.138 e. The fraction of sp³-hybridized carbons (Fsp3) is 0.647. The van der Waals surface area contributed by atoms with E-state index in [1.54, 1.807) is 11.2 Å². The Bertz CT molecular complexity index is 633. The predicted octanol–water partition coefficient (Wildman–Crippen LogP) is 2.15. The van der Waals surface area contributed by atoms with Crippen molar-refractivity contribution < 1.29 is 4.90 Å². The summed E-state index contributed by atoms with van der Waals surface area (Å²) in [4.78, 5) is 13.4. The highest BCUT2D eigenvalue weighted by Gasteiger charge is 2.22. The topological polar surface area (TPSA) is 42.2 Å². The average Bonchev–Trinajstić information content (AvgIpc) is 2.89. The quantitative estimate of drug-likeness (QED) is 0.857. The van der Waals surface area contributed by atoms with Gasteiger partial charge in [0.1, 0.15) is 17.0 Å². The molecule has 1 aliphatic rings. The van der Waals surface area contributed by atoms with Gasteiger partial charge in [-0.25, -0.2) is 9.97 Å². The van der Waals surface area contributed by atoms with Gasteiger partial charge in [0.05, 0.1) is 31.6 Å². The largest absolute Gasteiger partial charge is 0.364 e. The summed E-state index contributed by atoms with van der Waals surface area (Å²) in [6, 6.07) is 0. The molecule has 3 rings (SSSR count). The van der Waals surface area contributed by atoms with E-state index in [1.165, 1.54) is 48.2 Å². The lowest BCUT2D eigenvalue weighted by molar-refractivity contribution is -0.894. The minimum atomic E-state index is 0.802. The lowest BCUT2D eigenvalue weighted by Crippen LogP contribution is -3.12. The summed E-state index contributed by atoms with van der Waals surface area (Å²) in [5, 5.41) is 4.86. The molecule has 120 valence electrons. The molecule has 0 saturated heterocycles. The Hall–Kier alpha value is -1.20. The number of anilines is 1. The van der Waals surface area contributed by atoms with E-state index in [9.17, 15) is 0 Å². The first kappa shape index (κ1) is 15.7. The summed E-state index contributed by atoms with van der Waals surface area (Å²) in [6.07, 6.45) is 5.39. The number of aromatic nitrogens is 2. The van der Waals surface area contributed by atoms with Crippen LogP contribution in [0.5, 0.6) is 0 Å². The third-order valence-electron chi connectivity index (χ3n) is 4.86. The average molecular weight is 319 g/mol. The normalized spacial score (nSPS) is 17.9. The molecule has 0 unspecified atom stereocenters. The Morgan fingerprint density at radius 1 is 1.32 bits per heavy atom. The molecule has 0 saturated carbocycles. The van der Waals surface area contributed by atoms with Gasteiger partial charge in [0, 0.05) is 4.88 Å². The molecule has 1 atom stereocenters. The highest BCUT2D eigenvalue weighted by atomic mass is 32.1. The van der Waals surface area contributed by atoms with E-state index >= 15 is 0 Å². The van der Waals surface area contributed by atoms with Crippen molar-refractivity contribution in [2.45, 2.75) is 40.0 Å². The van der Waals surface area contributed by atoms with Crippen LogP contribution in [0.15, 0.2) is 6.33 Å². The van der Waals surface area contributed by atoms with Crippen molar-refractivity contribution in [3.63, 3.8) is 0 Å². The Morgan fingerprint density at radius 2 is 2.14 bits per heavy atom. The van der Waals surface area contributed by atoms with Gasteiger partial charge < -0.3 is 10.2 Å². The number of aryl methyl sites for hydroxylation is 1. The predicted molar refractivity (Wildman–Crippen MR) is 94.0 cm³/mol. The van der Waals surface area contributed by atoms with Gasteiger partial charge in [0.25, 0.3) is 0 Å². The molecule has 0 spiro atoms. The third kappa shape index (κ3) is 3.10. The van der Waals surface area contributed by atoms with Gasteiger partial charge in [-0.3, -0.25) is 0 Å². The lowest BCUT2D eigenvalue weighted by atomic mass is 9.89. The second-order valence-corrected chi connectivity index (χ2v) is 7.47. The van der Waals surface area contributed by atoms with Crippen molar-refractivity contribution in [3.05, 3.63) is 16.8 Å². The number of hydrogen-bond acceptors (Lipinski definition) is 4. The molecule has 0 aliphatic heterocycles. The number of nitrogens with zero attached hydrogens (tertiary/aromatic N) is 2. The monoisotopic (exact) mass is 319 g/mol. The number of nitrogens with one attached hydrogen (secondary N) is 2. The number of hydrogen-bond donors (Lipinski definition) is 2. The summed E-state index contributed by atoms with van der Waals surface area (Å²) < 4.78 is 0. The molecular formula is C17H27N4S+. The van der Waals surface area contributed by atoms with Crippen LogP contribution in [0.25, 0.3) is 10.2 Å². The van der Waals surface area contributed by atoms with E-state index in [0.29, 0.717) is 0 Å². The maximum absolute atomic E-state index is 4.53. The van der Waals surface area contributed by atoms with Crippen LogP contribution in [-0.2, 0) is 12.8 Å². The summed E-state index contributed by atoms with van der Waals surface area (Å²) in [7, 11) is 0. The second-order valence-electron chi connectivity index (χ2n) is 6.39. The zero-order valence-corrected chi connectivity index (χ0v) is 14.7. The van der Waals surface area contributed by atoms with E-state index < -0.39 is 0 Å². The summed E-state index contributed by atoms with van der Waals surface area (Å²) >= 11 is 1.87. The summed E-state index contributed by atoms with van der Waals surface area (Å²) in [5.74, 6) is 1.85. The van der Waals surface area contributed by atoms with Gasteiger partial charge in [-0.1, -0.05) is 6.92 Å². The molecule has 1 aliphatic carbocycles. The molecule has 0 aromatic carbocycles. The van der Waals surface area contributed by atoms with Crippen molar-refractivity contribution in [2.75, 3.05) is 31.5 Å². The molecule has 5 heteroatoms. The zero-order chi connectivity index (χ0) is 15.5. The Morgan fingerprint density at radius 3 is 2.91 bits per heavy atom. The third-order valence-corrected chi connectivity index (χ3v) is 6.03. The summed E-state index contributed by atoms with van der Waals surface area (Å²) in [5.41, 5.74) is 1.51. The molecule has 2 aromatic heterocycles. The van der Waals surface area contributed by atoms with Crippen LogP contribution in [0.2, 0.25) is 0 Å². The first-order valence-electron chi connectivity index (χ1n) is 8.55. The Kier molecular flexibility index (Phi) is 4.93. The van der Waals surface area contributed by atoms with E-state index in [4.69, 9.17) is 0 Å². The van der Waals surface area contributed by atoms with Gasteiger partial charge >= 0.3 is 0 Å². The Labute approximate surface area is 137 Å². The van der Waals surface area contributed by atoms with Crippen LogP contribution < -0.4 is 10.2 Å². The molecule has 2 aromatic rings. The fourth-order valence-corrected chi connectivity index (χ4v) is 4.72. The molecule has 0 bridgehead atoms. The fourth-order valence-electron chi connectivity index (χ4n) is 3.37. The van der Waals surface area contributed by atoms with E-state index in [2.05, 4.69) is 36.1 Å². The SMILES string of the molecule is CC[NH+](CC)CCNc1ncnc2sc3c(c12)CC[C@@H](C)C3. The number of likely N-dealkylation sites (N-methyl/N-ethyl adjacent to an activating group) is 1. The van der Waals surface area contributed by atoms with Crippen molar-refractivity contribution in [3.8, 4) is 0 Å². The van der Waals surface area contributed by atoms with Gasteiger partial charge in [0.15, 0.2) is 0 Å². The molecule has 4 nitrogen and oxygen atoms in total. The van der Waals surface area contributed by atoms with Crippen LogP contribution >= 0.6 is 11.3 Å². The number of fused-ring (bicyclic) bond motifs is 3. The molecule has 22 heavy (non-hydrogen) atoms. The molecule has 0 fully saturated rings. The molecule has 0 amide bonds.